The van der Waals surface area contributed by atoms with Gasteiger partial charge in [0.05, 0.1) is 10.5 Å². The minimum absolute atomic E-state index is 0.0975. The van der Waals surface area contributed by atoms with E-state index in [4.69, 9.17) is 4.74 Å². The Kier molecular flexibility index (Phi) is 3.17. The molecule has 0 radical (unpaired) electrons. The van der Waals surface area contributed by atoms with Gasteiger partial charge in [0.1, 0.15) is 6.10 Å². The maximum atomic E-state index is 12.1. The Labute approximate surface area is 121 Å². The lowest BCUT2D eigenvalue weighted by atomic mass is 9.94. The van der Waals surface area contributed by atoms with Gasteiger partial charge >= 0.3 is 5.97 Å². The Morgan fingerprint density at radius 3 is 2.76 bits per heavy atom. The van der Waals surface area contributed by atoms with E-state index in [9.17, 15) is 14.9 Å². The predicted molar refractivity (Wildman–Crippen MR) is 76.1 cm³/mol. The molecule has 0 aromatic heterocycles. The molecule has 5 heteroatoms. The molecule has 1 atom stereocenters. The summed E-state index contributed by atoms with van der Waals surface area (Å²) in [5, 5.41) is 10.8. The molecule has 2 aromatic rings. The van der Waals surface area contributed by atoms with Gasteiger partial charge in [0.25, 0.3) is 5.69 Å². The van der Waals surface area contributed by atoms with Crippen LogP contribution in [0.4, 0.5) is 5.69 Å². The summed E-state index contributed by atoms with van der Waals surface area (Å²) >= 11 is 0. The summed E-state index contributed by atoms with van der Waals surface area (Å²) < 4.78 is 5.43. The fraction of sp³-hybridized carbons (Fsp3) is 0.188. The average molecular weight is 283 g/mol. The Balaban J connectivity index is 1.96. The predicted octanol–water partition coefficient (Wildman–Crippen LogP) is 3.36. The molecule has 0 amide bonds. The SMILES string of the molecule is Cc1cccc(C2Cc3ccc([N+](=O)[O-])cc3C(=O)O2)c1. The van der Waals surface area contributed by atoms with Crippen molar-refractivity contribution in [3.8, 4) is 0 Å². The summed E-state index contributed by atoms with van der Waals surface area (Å²) in [6.45, 7) is 1.98. The number of benzene rings is 2. The molecule has 3 rings (SSSR count). The van der Waals surface area contributed by atoms with Crippen LogP contribution >= 0.6 is 0 Å². The highest BCUT2D eigenvalue weighted by molar-refractivity contribution is 5.93. The molecule has 0 N–H and O–H groups in total. The van der Waals surface area contributed by atoms with Crippen LogP contribution in [0.15, 0.2) is 42.5 Å². The first-order valence-electron chi connectivity index (χ1n) is 6.59. The number of cyclic esters (lactones) is 1. The zero-order valence-corrected chi connectivity index (χ0v) is 11.4. The molecule has 106 valence electrons. The molecule has 1 aliphatic heterocycles. The van der Waals surface area contributed by atoms with Gasteiger partial charge in [-0.1, -0.05) is 35.9 Å². The van der Waals surface area contributed by atoms with Gasteiger partial charge in [-0.2, -0.15) is 0 Å². The minimum Gasteiger partial charge on any atom is -0.454 e. The topological polar surface area (TPSA) is 69.4 Å². The van der Waals surface area contributed by atoms with Crippen LogP contribution in [0.25, 0.3) is 0 Å². The normalized spacial score (nSPS) is 17.0. The Morgan fingerprint density at radius 2 is 2.05 bits per heavy atom. The summed E-state index contributed by atoms with van der Waals surface area (Å²) in [5.41, 5.74) is 3.00. The van der Waals surface area contributed by atoms with Crippen LogP contribution in [-0.2, 0) is 11.2 Å². The zero-order chi connectivity index (χ0) is 15.0. The van der Waals surface area contributed by atoms with Gasteiger partial charge in [-0.3, -0.25) is 10.1 Å². The van der Waals surface area contributed by atoms with E-state index in [1.165, 1.54) is 12.1 Å². The number of fused-ring (bicyclic) bond motifs is 1. The van der Waals surface area contributed by atoms with Gasteiger partial charge in [0, 0.05) is 18.6 Å². The van der Waals surface area contributed by atoms with E-state index in [0.29, 0.717) is 6.42 Å². The number of aryl methyl sites for hydroxylation is 1. The maximum absolute atomic E-state index is 12.1. The Morgan fingerprint density at radius 1 is 1.24 bits per heavy atom. The molecule has 0 bridgehead atoms. The van der Waals surface area contributed by atoms with Gasteiger partial charge in [0.2, 0.25) is 0 Å². The lowest BCUT2D eigenvalue weighted by molar-refractivity contribution is -0.384. The average Bonchev–Trinajstić information content (AvgIpc) is 2.46. The number of nitrogens with zero attached hydrogens (tertiary/aromatic N) is 1. The highest BCUT2D eigenvalue weighted by Crippen LogP contribution is 2.32. The standard InChI is InChI=1S/C16H13NO4/c1-10-3-2-4-12(7-10)15-8-11-5-6-13(17(19)20)9-14(11)16(18)21-15/h2-7,9,15H,8H2,1H3. The van der Waals surface area contributed by atoms with Gasteiger partial charge in [-0.15, -0.1) is 0 Å². The zero-order valence-electron chi connectivity index (χ0n) is 11.4. The van der Waals surface area contributed by atoms with E-state index in [1.54, 1.807) is 6.07 Å². The minimum atomic E-state index is -0.514. The van der Waals surface area contributed by atoms with Gasteiger partial charge in [-0.05, 0) is 18.1 Å². The Hall–Kier alpha value is -2.69. The summed E-state index contributed by atoms with van der Waals surface area (Å²) in [7, 11) is 0. The fourth-order valence-electron chi connectivity index (χ4n) is 2.54. The second-order valence-corrected chi connectivity index (χ2v) is 5.11. The first-order chi connectivity index (χ1) is 10.0. The summed E-state index contributed by atoms with van der Waals surface area (Å²) in [6.07, 6.45) is 0.189. The molecular weight excluding hydrogens is 270 g/mol. The number of carbonyl (C=O) groups excluding carboxylic acids is 1. The van der Waals surface area contributed by atoms with Crippen molar-refractivity contribution in [2.45, 2.75) is 19.4 Å². The highest BCUT2D eigenvalue weighted by Gasteiger charge is 2.29. The first-order valence-corrected chi connectivity index (χ1v) is 6.59. The number of nitro groups is 1. The fourth-order valence-corrected chi connectivity index (χ4v) is 2.54. The largest absolute Gasteiger partial charge is 0.454 e. The van der Waals surface area contributed by atoms with Crippen molar-refractivity contribution in [2.24, 2.45) is 0 Å². The van der Waals surface area contributed by atoms with Crippen LogP contribution in [0.2, 0.25) is 0 Å². The maximum Gasteiger partial charge on any atom is 0.339 e. The van der Waals surface area contributed by atoms with Crippen molar-refractivity contribution in [2.75, 3.05) is 0 Å². The van der Waals surface area contributed by atoms with E-state index in [-0.39, 0.29) is 17.4 Å². The van der Waals surface area contributed by atoms with Crippen LogP contribution in [0.3, 0.4) is 0 Å². The van der Waals surface area contributed by atoms with Gasteiger partial charge < -0.3 is 4.74 Å². The third-order valence-corrected chi connectivity index (χ3v) is 3.59. The molecule has 0 saturated carbocycles. The molecular formula is C16H13NO4. The molecule has 0 aliphatic carbocycles. The molecule has 0 saturated heterocycles. The molecule has 1 unspecified atom stereocenters. The van der Waals surface area contributed by atoms with Crippen molar-refractivity contribution >= 4 is 11.7 Å². The monoisotopic (exact) mass is 283 g/mol. The third-order valence-electron chi connectivity index (χ3n) is 3.59. The smallest absolute Gasteiger partial charge is 0.339 e. The Bertz CT molecular complexity index is 739. The molecule has 1 heterocycles. The van der Waals surface area contributed by atoms with Gasteiger partial charge in [0.15, 0.2) is 0 Å². The molecule has 2 aromatic carbocycles. The second-order valence-electron chi connectivity index (χ2n) is 5.11. The molecule has 1 aliphatic rings. The molecule has 0 fully saturated rings. The van der Waals surface area contributed by atoms with Crippen molar-refractivity contribution < 1.29 is 14.5 Å². The quantitative estimate of drug-likeness (QED) is 0.481. The van der Waals surface area contributed by atoms with Crippen molar-refractivity contribution in [1.82, 2.24) is 0 Å². The number of non-ortho nitro benzene ring substituents is 1. The van der Waals surface area contributed by atoms with E-state index in [2.05, 4.69) is 0 Å². The second kappa shape index (κ2) is 5.01. The van der Waals surface area contributed by atoms with Gasteiger partial charge in [-0.25, -0.2) is 4.79 Å². The van der Waals surface area contributed by atoms with E-state index in [0.717, 1.165) is 16.7 Å². The van der Waals surface area contributed by atoms with Crippen LogP contribution in [0.5, 0.6) is 0 Å². The van der Waals surface area contributed by atoms with Crippen LogP contribution in [-0.4, -0.2) is 10.9 Å². The van der Waals surface area contributed by atoms with Crippen LogP contribution < -0.4 is 0 Å². The lowest BCUT2D eigenvalue weighted by Gasteiger charge is -2.25. The van der Waals surface area contributed by atoms with E-state index >= 15 is 0 Å². The molecule has 5 nitrogen and oxygen atoms in total. The van der Waals surface area contributed by atoms with Crippen LogP contribution in [0, 0.1) is 17.0 Å². The van der Waals surface area contributed by atoms with Crippen molar-refractivity contribution in [3.05, 3.63) is 74.8 Å². The summed E-state index contributed by atoms with van der Waals surface area (Å²) in [5.74, 6) is -0.508. The van der Waals surface area contributed by atoms with Crippen molar-refractivity contribution in [1.29, 1.82) is 0 Å². The summed E-state index contributed by atoms with van der Waals surface area (Å²) in [4.78, 5) is 22.3. The first kappa shape index (κ1) is 13.3. The molecule has 21 heavy (non-hydrogen) atoms. The van der Waals surface area contributed by atoms with E-state index in [1.807, 2.05) is 31.2 Å². The highest BCUT2D eigenvalue weighted by atomic mass is 16.6. The lowest BCUT2D eigenvalue weighted by Crippen LogP contribution is -2.22. The third kappa shape index (κ3) is 2.50. The number of esters is 1. The van der Waals surface area contributed by atoms with Crippen molar-refractivity contribution in [3.63, 3.8) is 0 Å². The number of hydrogen-bond donors (Lipinski definition) is 0. The number of carbonyl (C=O) groups is 1. The number of rotatable bonds is 2. The number of ether oxygens (including phenoxy) is 1. The van der Waals surface area contributed by atoms with Crippen LogP contribution in [0.1, 0.15) is 33.2 Å². The molecule has 0 spiro atoms. The van der Waals surface area contributed by atoms with E-state index < -0.39 is 10.9 Å². The summed E-state index contributed by atoms with van der Waals surface area (Å²) in [6, 6.07) is 12.1. The number of nitro benzene ring substituents is 1. The number of hydrogen-bond acceptors (Lipinski definition) is 4.